The van der Waals surface area contributed by atoms with E-state index in [-0.39, 0.29) is 17.4 Å². The molecular formula is C23H33N3O3. The van der Waals surface area contributed by atoms with E-state index in [1.807, 2.05) is 0 Å². The summed E-state index contributed by atoms with van der Waals surface area (Å²) in [5.41, 5.74) is 7.75. The SMILES string of the molecule is COC1CCC2(CC1)Cc1ccc(OC3CCCC3)cc1C21NC(N)N(C)C1=O. The van der Waals surface area contributed by atoms with Crippen LogP contribution in [0.15, 0.2) is 18.2 Å². The Balaban J connectivity index is 1.55. The van der Waals surface area contributed by atoms with Crippen LogP contribution in [-0.2, 0) is 21.5 Å². The van der Waals surface area contributed by atoms with Crippen molar-refractivity contribution in [1.29, 1.82) is 0 Å². The van der Waals surface area contributed by atoms with Crippen LogP contribution in [0.25, 0.3) is 0 Å². The summed E-state index contributed by atoms with van der Waals surface area (Å²) in [5.74, 6) is 0.980. The van der Waals surface area contributed by atoms with Crippen LogP contribution < -0.4 is 15.8 Å². The van der Waals surface area contributed by atoms with Gasteiger partial charge in [-0.25, -0.2) is 0 Å². The number of benzene rings is 1. The van der Waals surface area contributed by atoms with Gasteiger partial charge in [0.15, 0.2) is 0 Å². The van der Waals surface area contributed by atoms with Gasteiger partial charge < -0.3 is 14.4 Å². The molecule has 5 rings (SSSR count). The second-order valence-corrected chi connectivity index (χ2v) is 9.49. The van der Waals surface area contributed by atoms with Crippen molar-refractivity contribution in [3.8, 4) is 5.75 Å². The predicted octanol–water partition coefficient (Wildman–Crippen LogP) is 2.64. The lowest BCUT2D eigenvalue weighted by atomic mass is 9.61. The Hall–Kier alpha value is -1.63. The Kier molecular flexibility index (Phi) is 4.64. The third-order valence-corrected chi connectivity index (χ3v) is 8.06. The molecule has 6 heteroatoms. The second kappa shape index (κ2) is 6.96. The quantitative estimate of drug-likeness (QED) is 0.817. The molecule has 2 atom stereocenters. The highest BCUT2D eigenvalue weighted by Gasteiger charge is 2.66. The number of rotatable bonds is 3. The first-order valence-electron chi connectivity index (χ1n) is 11.1. The average Bonchev–Trinajstić information content (AvgIpc) is 3.39. The number of nitrogens with zero attached hydrogens (tertiary/aromatic N) is 1. The van der Waals surface area contributed by atoms with Crippen LogP contribution in [0.3, 0.4) is 0 Å². The number of methoxy groups -OCH3 is 1. The fourth-order valence-electron chi connectivity index (χ4n) is 6.39. The van der Waals surface area contributed by atoms with Crippen molar-refractivity contribution in [2.24, 2.45) is 11.1 Å². The number of hydrogen-bond acceptors (Lipinski definition) is 5. The smallest absolute Gasteiger partial charge is 0.250 e. The molecule has 0 radical (unpaired) electrons. The van der Waals surface area contributed by atoms with Gasteiger partial charge in [0, 0.05) is 19.6 Å². The number of fused-ring (bicyclic) bond motifs is 3. The summed E-state index contributed by atoms with van der Waals surface area (Å²) in [6, 6.07) is 6.40. The lowest BCUT2D eigenvalue weighted by molar-refractivity contribution is -0.138. The van der Waals surface area contributed by atoms with Gasteiger partial charge in [-0.3, -0.25) is 15.8 Å². The molecule has 1 saturated heterocycles. The summed E-state index contributed by atoms with van der Waals surface area (Å²) in [4.78, 5) is 15.4. The number of carbonyl (C=O) groups excluding carboxylic acids is 1. The van der Waals surface area contributed by atoms with E-state index in [0.29, 0.717) is 6.10 Å². The maximum atomic E-state index is 13.7. The van der Waals surface area contributed by atoms with Gasteiger partial charge in [-0.05, 0) is 81.0 Å². The van der Waals surface area contributed by atoms with E-state index in [1.54, 1.807) is 19.1 Å². The lowest BCUT2D eigenvalue weighted by Crippen LogP contribution is -2.57. The Bertz CT molecular complexity index is 799. The first kappa shape index (κ1) is 19.3. The summed E-state index contributed by atoms with van der Waals surface area (Å²) in [6.07, 6.45) is 9.61. The number of likely N-dealkylation sites (N-methyl/N-ethyl adjacent to an activating group) is 1. The molecule has 1 aromatic carbocycles. The molecule has 6 nitrogen and oxygen atoms in total. The first-order valence-corrected chi connectivity index (χ1v) is 11.1. The Morgan fingerprint density at radius 1 is 1.14 bits per heavy atom. The van der Waals surface area contributed by atoms with E-state index in [2.05, 4.69) is 23.5 Å². The Morgan fingerprint density at radius 3 is 2.48 bits per heavy atom. The largest absolute Gasteiger partial charge is 0.490 e. The van der Waals surface area contributed by atoms with Crippen LogP contribution in [0, 0.1) is 5.41 Å². The topological polar surface area (TPSA) is 76.8 Å². The molecule has 3 fully saturated rings. The second-order valence-electron chi connectivity index (χ2n) is 9.49. The molecule has 3 aliphatic carbocycles. The number of ether oxygens (including phenoxy) is 2. The molecule has 2 spiro atoms. The molecule has 2 saturated carbocycles. The zero-order chi connectivity index (χ0) is 20.2. The van der Waals surface area contributed by atoms with E-state index in [1.165, 1.54) is 18.4 Å². The van der Waals surface area contributed by atoms with Gasteiger partial charge in [-0.1, -0.05) is 6.07 Å². The summed E-state index contributed by atoms with van der Waals surface area (Å²) < 4.78 is 11.9. The van der Waals surface area contributed by atoms with E-state index < -0.39 is 11.8 Å². The third-order valence-electron chi connectivity index (χ3n) is 8.06. The van der Waals surface area contributed by atoms with Crippen LogP contribution >= 0.6 is 0 Å². The van der Waals surface area contributed by atoms with Crippen LogP contribution in [0.5, 0.6) is 5.75 Å². The van der Waals surface area contributed by atoms with Crippen molar-refractivity contribution >= 4 is 5.91 Å². The molecular weight excluding hydrogens is 366 g/mol. The van der Waals surface area contributed by atoms with E-state index in [4.69, 9.17) is 15.2 Å². The van der Waals surface area contributed by atoms with Crippen LogP contribution in [0.2, 0.25) is 0 Å². The minimum Gasteiger partial charge on any atom is -0.490 e. The molecule has 158 valence electrons. The molecule has 1 heterocycles. The van der Waals surface area contributed by atoms with Crippen molar-refractivity contribution < 1.29 is 14.3 Å². The molecule has 29 heavy (non-hydrogen) atoms. The van der Waals surface area contributed by atoms with Gasteiger partial charge in [0.25, 0.3) is 0 Å². The highest BCUT2D eigenvalue weighted by Crippen LogP contribution is 2.60. The number of nitrogens with one attached hydrogen (secondary N) is 1. The highest BCUT2D eigenvalue weighted by atomic mass is 16.5. The van der Waals surface area contributed by atoms with Crippen LogP contribution in [0.1, 0.15) is 62.5 Å². The molecule has 1 aliphatic heterocycles. The fourth-order valence-corrected chi connectivity index (χ4v) is 6.39. The lowest BCUT2D eigenvalue weighted by Gasteiger charge is -2.46. The van der Waals surface area contributed by atoms with Gasteiger partial charge in [-0.15, -0.1) is 0 Å². The van der Waals surface area contributed by atoms with E-state index in [9.17, 15) is 4.79 Å². The first-order chi connectivity index (χ1) is 14.0. The van der Waals surface area contributed by atoms with Crippen molar-refractivity contribution in [1.82, 2.24) is 10.2 Å². The zero-order valence-corrected chi connectivity index (χ0v) is 17.6. The third kappa shape index (κ3) is 2.76. The average molecular weight is 400 g/mol. The summed E-state index contributed by atoms with van der Waals surface area (Å²) in [7, 11) is 3.59. The molecule has 3 N–H and O–H groups in total. The summed E-state index contributed by atoms with van der Waals surface area (Å²) >= 11 is 0. The van der Waals surface area contributed by atoms with Gasteiger partial charge in [0.1, 0.15) is 17.6 Å². The number of hydrogen-bond donors (Lipinski definition) is 2. The van der Waals surface area contributed by atoms with Crippen molar-refractivity contribution in [2.75, 3.05) is 14.2 Å². The number of amides is 1. The van der Waals surface area contributed by atoms with Crippen LogP contribution in [-0.4, -0.2) is 43.5 Å². The number of nitrogens with two attached hydrogens (primary N) is 1. The Labute approximate surface area is 173 Å². The molecule has 2 unspecified atom stereocenters. The maximum absolute atomic E-state index is 13.7. The highest BCUT2D eigenvalue weighted by molar-refractivity contribution is 5.92. The van der Waals surface area contributed by atoms with Crippen molar-refractivity contribution in [2.45, 2.75) is 81.8 Å². The van der Waals surface area contributed by atoms with Gasteiger partial charge >= 0.3 is 0 Å². The molecule has 0 aromatic heterocycles. The van der Waals surface area contributed by atoms with E-state index in [0.717, 1.165) is 56.3 Å². The van der Waals surface area contributed by atoms with Gasteiger partial charge in [-0.2, -0.15) is 0 Å². The monoisotopic (exact) mass is 399 g/mol. The maximum Gasteiger partial charge on any atom is 0.250 e. The van der Waals surface area contributed by atoms with Gasteiger partial charge in [0.05, 0.1) is 12.2 Å². The fraction of sp³-hybridized carbons (Fsp3) is 0.696. The summed E-state index contributed by atoms with van der Waals surface area (Å²) in [5, 5.41) is 3.56. The molecule has 4 aliphatic rings. The number of carbonyl (C=O) groups is 1. The molecule has 0 bridgehead atoms. The normalized spacial score (nSPS) is 37.1. The van der Waals surface area contributed by atoms with Crippen molar-refractivity contribution in [3.05, 3.63) is 29.3 Å². The van der Waals surface area contributed by atoms with Crippen LogP contribution in [0.4, 0.5) is 0 Å². The molecule has 1 amide bonds. The van der Waals surface area contributed by atoms with E-state index >= 15 is 0 Å². The van der Waals surface area contributed by atoms with Crippen molar-refractivity contribution in [3.63, 3.8) is 0 Å². The van der Waals surface area contributed by atoms with Gasteiger partial charge in [0.2, 0.25) is 5.91 Å². The standard InChI is InChI=1S/C23H33N3O3/c1-26-20(27)23(25-21(26)24)19-13-18(29-17-5-3-4-6-17)8-7-15(19)14-22(23)11-9-16(28-2)10-12-22/h7-8,13,16-17,21,25H,3-6,9-12,14,24H2,1-2H3. The Morgan fingerprint density at radius 2 is 1.86 bits per heavy atom. The summed E-state index contributed by atoms with van der Waals surface area (Å²) in [6.45, 7) is 0. The minimum absolute atomic E-state index is 0.0950. The zero-order valence-electron chi connectivity index (χ0n) is 17.6. The molecule has 1 aromatic rings. The predicted molar refractivity (Wildman–Crippen MR) is 110 cm³/mol. The minimum atomic E-state index is -0.760.